The van der Waals surface area contributed by atoms with Crippen molar-refractivity contribution in [2.75, 3.05) is 6.61 Å². The average Bonchev–Trinajstić information content (AvgIpc) is 3.53. The van der Waals surface area contributed by atoms with Gasteiger partial charge in [-0.1, -0.05) is 95.7 Å². The summed E-state index contributed by atoms with van der Waals surface area (Å²) >= 11 is 7.95. The summed E-state index contributed by atoms with van der Waals surface area (Å²) in [6, 6.07) is 29.6. The fourth-order valence-electron chi connectivity index (χ4n) is 5.98. The fourth-order valence-corrected chi connectivity index (χ4v) is 7.26. The molecule has 218 valence electrons. The second-order valence-electron chi connectivity index (χ2n) is 10.7. The number of allylic oxidation sites excluding steroid dienone is 1. The molecule has 1 aliphatic heterocycles. The van der Waals surface area contributed by atoms with Gasteiger partial charge in [-0.15, -0.1) is 0 Å². The first kappa shape index (κ1) is 28.1. The molecule has 3 heterocycles. The lowest BCUT2D eigenvalue weighted by Crippen LogP contribution is -2.40. The molecule has 0 spiro atoms. The monoisotopic (exact) mass is 617 g/mol. The molecule has 0 N–H and O–H groups in total. The van der Waals surface area contributed by atoms with Gasteiger partial charge in [0, 0.05) is 34.2 Å². The zero-order valence-corrected chi connectivity index (χ0v) is 25.7. The Morgan fingerprint density at radius 1 is 1.00 bits per heavy atom. The quantitative estimate of drug-likeness (QED) is 0.198. The molecule has 1 atom stereocenters. The molecule has 4 aromatic carbocycles. The molecule has 1 aliphatic rings. The van der Waals surface area contributed by atoms with Crippen molar-refractivity contribution in [1.29, 1.82) is 0 Å². The molecule has 0 unspecified atom stereocenters. The number of aromatic nitrogens is 2. The highest BCUT2D eigenvalue weighted by atomic mass is 35.5. The first-order valence-corrected chi connectivity index (χ1v) is 15.6. The Bertz CT molecular complexity index is 2310. The summed E-state index contributed by atoms with van der Waals surface area (Å²) in [6.07, 6.45) is 4.02. The number of hydrogen-bond acceptors (Lipinski definition) is 5. The van der Waals surface area contributed by atoms with Crippen LogP contribution in [0.3, 0.4) is 0 Å². The molecule has 0 saturated heterocycles. The largest absolute Gasteiger partial charge is 0.463 e. The van der Waals surface area contributed by atoms with Gasteiger partial charge in [-0.25, -0.2) is 9.79 Å². The van der Waals surface area contributed by atoms with E-state index in [1.54, 1.807) is 24.5 Å². The van der Waals surface area contributed by atoms with E-state index in [2.05, 4.69) is 59.3 Å². The zero-order valence-electron chi connectivity index (χ0n) is 24.2. The van der Waals surface area contributed by atoms with Gasteiger partial charge in [-0.05, 0) is 60.0 Å². The van der Waals surface area contributed by atoms with Crippen LogP contribution in [0.25, 0.3) is 27.8 Å². The molecule has 0 saturated carbocycles. The predicted molar refractivity (Wildman–Crippen MR) is 177 cm³/mol. The van der Waals surface area contributed by atoms with Crippen LogP contribution in [0.1, 0.15) is 36.6 Å². The van der Waals surface area contributed by atoms with Crippen LogP contribution in [0.15, 0.2) is 118 Å². The normalized spacial score (nSPS) is 15.1. The molecule has 0 amide bonds. The highest BCUT2D eigenvalue weighted by Crippen LogP contribution is 2.34. The van der Waals surface area contributed by atoms with Crippen molar-refractivity contribution >= 4 is 56.7 Å². The number of para-hydroxylation sites is 1. The van der Waals surface area contributed by atoms with Crippen molar-refractivity contribution in [2.45, 2.75) is 26.4 Å². The van der Waals surface area contributed by atoms with E-state index in [-0.39, 0.29) is 12.2 Å². The molecule has 2 aromatic heterocycles. The molecular weight excluding hydrogens is 590 g/mol. The van der Waals surface area contributed by atoms with Gasteiger partial charge in [0.15, 0.2) is 4.80 Å². The number of halogens is 1. The minimum absolute atomic E-state index is 0.207. The topological polar surface area (TPSA) is 65.6 Å². The van der Waals surface area contributed by atoms with Gasteiger partial charge in [0.1, 0.15) is 6.04 Å². The first-order chi connectivity index (χ1) is 21.4. The lowest BCUT2D eigenvalue weighted by Gasteiger charge is -2.25. The van der Waals surface area contributed by atoms with E-state index in [1.807, 2.05) is 42.5 Å². The summed E-state index contributed by atoms with van der Waals surface area (Å²) in [7, 11) is 0. The van der Waals surface area contributed by atoms with Crippen LogP contribution in [0, 0.1) is 0 Å². The Balaban J connectivity index is 1.37. The Morgan fingerprint density at radius 3 is 2.57 bits per heavy atom. The van der Waals surface area contributed by atoms with E-state index in [0.717, 1.165) is 16.5 Å². The second kappa shape index (κ2) is 11.4. The number of rotatable bonds is 6. The number of carbonyl (C=O) groups excluding carboxylic acids is 1. The van der Waals surface area contributed by atoms with Crippen LogP contribution in [-0.4, -0.2) is 21.7 Å². The van der Waals surface area contributed by atoms with Crippen LogP contribution in [0.5, 0.6) is 0 Å². The van der Waals surface area contributed by atoms with E-state index in [1.165, 1.54) is 27.7 Å². The van der Waals surface area contributed by atoms with Crippen LogP contribution in [0.4, 0.5) is 0 Å². The van der Waals surface area contributed by atoms with Gasteiger partial charge in [0.05, 0.1) is 22.4 Å². The molecule has 6 nitrogen and oxygen atoms in total. The number of thiazole rings is 1. The maximum atomic E-state index is 14.2. The molecule has 0 fully saturated rings. The lowest BCUT2D eigenvalue weighted by molar-refractivity contribution is -0.139. The highest BCUT2D eigenvalue weighted by Gasteiger charge is 2.34. The van der Waals surface area contributed by atoms with E-state index < -0.39 is 12.0 Å². The smallest absolute Gasteiger partial charge is 0.338 e. The number of carbonyl (C=O) groups is 1. The molecule has 0 aliphatic carbocycles. The standard InChI is InChI=1S/C36H28ClN3O3S/c1-3-43-35(42)32-22(2)38-36-40(33(32)28-13-6-8-14-29(28)37)34(41)31(44-36)19-26-21-39(30-15-9-7-12-27(26)30)20-23-16-17-24-10-4-5-11-25(24)18-23/h4-19,21,33H,3,20H2,1-2H3/b31-19+/t33-/m0/s1. The summed E-state index contributed by atoms with van der Waals surface area (Å²) in [5.74, 6) is -0.510. The van der Waals surface area contributed by atoms with Crippen molar-refractivity contribution in [3.05, 3.63) is 150 Å². The number of hydrogen-bond donors (Lipinski definition) is 0. The minimum atomic E-state index is -0.754. The molecule has 6 aromatic rings. The Hall–Kier alpha value is -4.72. The first-order valence-electron chi connectivity index (χ1n) is 14.4. The number of nitrogens with zero attached hydrogens (tertiary/aromatic N) is 3. The average molecular weight is 618 g/mol. The maximum absolute atomic E-state index is 14.2. The summed E-state index contributed by atoms with van der Waals surface area (Å²) < 4.78 is 9.72. The molecular formula is C36H28ClN3O3S. The van der Waals surface area contributed by atoms with E-state index >= 15 is 0 Å². The maximum Gasteiger partial charge on any atom is 0.338 e. The molecule has 7 rings (SSSR count). The van der Waals surface area contributed by atoms with Gasteiger partial charge in [-0.2, -0.15) is 0 Å². The summed E-state index contributed by atoms with van der Waals surface area (Å²) in [5, 5.41) is 3.92. The Labute approximate surface area is 262 Å². The Morgan fingerprint density at radius 2 is 1.75 bits per heavy atom. The minimum Gasteiger partial charge on any atom is -0.463 e. The predicted octanol–water partition coefficient (Wildman–Crippen LogP) is 6.61. The fraction of sp³-hybridized carbons (Fsp3) is 0.139. The van der Waals surface area contributed by atoms with Crippen molar-refractivity contribution in [2.24, 2.45) is 4.99 Å². The SMILES string of the molecule is CCOC(=O)C1=C(C)N=c2s/c(=C/c3cn(Cc4ccc5ccccc5c4)c4ccccc34)c(=O)n2[C@H]1c1ccccc1Cl. The third-order valence-electron chi connectivity index (χ3n) is 7.99. The molecule has 44 heavy (non-hydrogen) atoms. The van der Waals surface area contributed by atoms with Crippen LogP contribution >= 0.6 is 22.9 Å². The Kier molecular flexibility index (Phi) is 7.28. The molecule has 8 heteroatoms. The van der Waals surface area contributed by atoms with Gasteiger partial charge >= 0.3 is 5.97 Å². The number of ether oxygens (including phenoxy) is 1. The second-order valence-corrected chi connectivity index (χ2v) is 12.2. The lowest BCUT2D eigenvalue weighted by atomic mass is 9.96. The molecule has 0 radical (unpaired) electrons. The molecule has 0 bridgehead atoms. The summed E-state index contributed by atoms with van der Waals surface area (Å²) in [6.45, 7) is 4.42. The zero-order chi connectivity index (χ0) is 30.4. The van der Waals surface area contributed by atoms with Gasteiger partial charge in [0.25, 0.3) is 5.56 Å². The van der Waals surface area contributed by atoms with E-state index in [0.29, 0.717) is 37.7 Å². The van der Waals surface area contributed by atoms with Crippen molar-refractivity contribution in [3.8, 4) is 0 Å². The van der Waals surface area contributed by atoms with Gasteiger partial charge < -0.3 is 9.30 Å². The number of fused-ring (bicyclic) bond motifs is 3. The van der Waals surface area contributed by atoms with E-state index in [9.17, 15) is 9.59 Å². The summed E-state index contributed by atoms with van der Waals surface area (Å²) in [4.78, 5) is 32.6. The van der Waals surface area contributed by atoms with Gasteiger partial charge in [0.2, 0.25) is 0 Å². The number of esters is 1. The third kappa shape index (κ3) is 4.88. The van der Waals surface area contributed by atoms with Crippen molar-refractivity contribution in [1.82, 2.24) is 9.13 Å². The third-order valence-corrected chi connectivity index (χ3v) is 9.32. The van der Waals surface area contributed by atoms with E-state index in [4.69, 9.17) is 21.3 Å². The summed E-state index contributed by atoms with van der Waals surface area (Å²) in [5.41, 5.74) is 4.43. The van der Waals surface area contributed by atoms with Gasteiger partial charge in [-0.3, -0.25) is 9.36 Å². The highest BCUT2D eigenvalue weighted by molar-refractivity contribution is 7.07. The van der Waals surface area contributed by atoms with Crippen molar-refractivity contribution < 1.29 is 9.53 Å². The number of benzene rings is 4. The van der Waals surface area contributed by atoms with Crippen molar-refractivity contribution in [3.63, 3.8) is 0 Å². The van der Waals surface area contributed by atoms with Crippen LogP contribution in [0.2, 0.25) is 5.02 Å². The van der Waals surface area contributed by atoms with Crippen LogP contribution in [-0.2, 0) is 16.1 Å². The van der Waals surface area contributed by atoms with Crippen LogP contribution < -0.4 is 14.9 Å².